The van der Waals surface area contributed by atoms with E-state index < -0.39 is 0 Å². The van der Waals surface area contributed by atoms with Crippen LogP contribution in [0.4, 0.5) is 0 Å². The van der Waals surface area contributed by atoms with Crippen molar-refractivity contribution in [2.24, 2.45) is 0 Å². The van der Waals surface area contributed by atoms with Crippen molar-refractivity contribution < 1.29 is 4.79 Å². The predicted molar refractivity (Wildman–Crippen MR) is 71.3 cm³/mol. The second-order valence-corrected chi connectivity index (χ2v) is 5.00. The number of amides is 1. The summed E-state index contributed by atoms with van der Waals surface area (Å²) in [6, 6.07) is 8.33. The fourth-order valence-electron chi connectivity index (χ4n) is 2.25. The second-order valence-electron chi connectivity index (χ2n) is 4.09. The molecule has 0 spiro atoms. The summed E-state index contributed by atoms with van der Waals surface area (Å²) >= 11 is 3.47. The van der Waals surface area contributed by atoms with Crippen LogP contribution < -0.4 is 0 Å². The first-order valence-electron chi connectivity index (χ1n) is 5.71. The van der Waals surface area contributed by atoms with E-state index in [1.807, 2.05) is 17.0 Å². The van der Waals surface area contributed by atoms with Crippen molar-refractivity contribution in [2.45, 2.75) is 25.8 Å². The molecule has 1 amide bonds. The highest BCUT2D eigenvalue weighted by atomic mass is 79.9. The van der Waals surface area contributed by atoms with Crippen molar-refractivity contribution in [3.8, 4) is 11.8 Å². The lowest BCUT2D eigenvalue weighted by molar-refractivity contribution is -0.126. The Balaban J connectivity index is 2.25. The molecule has 1 saturated heterocycles. The van der Waals surface area contributed by atoms with Gasteiger partial charge in [-0.05, 0) is 43.4 Å². The smallest absolute Gasteiger partial charge is 0.298 e. The summed E-state index contributed by atoms with van der Waals surface area (Å²) in [6.45, 7) is 2.51. The van der Waals surface area contributed by atoms with Gasteiger partial charge in [-0.3, -0.25) is 4.79 Å². The maximum Gasteiger partial charge on any atom is 0.298 e. The quantitative estimate of drug-likeness (QED) is 0.728. The van der Waals surface area contributed by atoms with E-state index in [1.165, 1.54) is 5.56 Å². The molecule has 0 N–H and O–H groups in total. The molecule has 1 heterocycles. The number of nitrogens with zero attached hydrogens (tertiary/aromatic N) is 1. The monoisotopic (exact) mass is 291 g/mol. The topological polar surface area (TPSA) is 20.3 Å². The van der Waals surface area contributed by atoms with Gasteiger partial charge in [-0.2, -0.15) is 0 Å². The van der Waals surface area contributed by atoms with E-state index in [0.717, 1.165) is 23.9 Å². The fraction of sp³-hybridized carbons (Fsp3) is 0.357. The first-order valence-corrected chi connectivity index (χ1v) is 6.50. The summed E-state index contributed by atoms with van der Waals surface area (Å²) in [6.07, 6.45) is 2.07. The van der Waals surface area contributed by atoms with Crippen LogP contribution in [0.15, 0.2) is 28.7 Å². The zero-order valence-electron chi connectivity index (χ0n) is 9.74. The van der Waals surface area contributed by atoms with Gasteiger partial charge in [0.2, 0.25) is 0 Å². The van der Waals surface area contributed by atoms with Crippen LogP contribution in [0.5, 0.6) is 0 Å². The molecule has 2 nitrogen and oxygen atoms in total. The lowest BCUT2D eigenvalue weighted by Gasteiger charge is -2.23. The second kappa shape index (κ2) is 5.37. The molecule has 0 saturated carbocycles. The Labute approximate surface area is 110 Å². The average molecular weight is 292 g/mol. The summed E-state index contributed by atoms with van der Waals surface area (Å²) in [5.41, 5.74) is 1.18. The van der Waals surface area contributed by atoms with Crippen LogP contribution in [-0.2, 0) is 4.79 Å². The average Bonchev–Trinajstić information content (AvgIpc) is 2.78. The van der Waals surface area contributed by atoms with Crippen LogP contribution in [0.3, 0.4) is 0 Å². The van der Waals surface area contributed by atoms with Crippen LogP contribution in [0.2, 0.25) is 0 Å². The Hall–Kier alpha value is -1.27. The van der Waals surface area contributed by atoms with E-state index in [9.17, 15) is 4.79 Å². The van der Waals surface area contributed by atoms with Crippen LogP contribution in [0.1, 0.15) is 31.4 Å². The first-order chi connectivity index (χ1) is 8.22. The maximum absolute atomic E-state index is 11.9. The van der Waals surface area contributed by atoms with Crippen molar-refractivity contribution in [1.82, 2.24) is 4.90 Å². The summed E-state index contributed by atoms with van der Waals surface area (Å²) in [4.78, 5) is 13.7. The minimum atomic E-state index is -0.0602. The minimum Gasteiger partial charge on any atom is -0.325 e. The van der Waals surface area contributed by atoms with Crippen LogP contribution >= 0.6 is 15.9 Å². The van der Waals surface area contributed by atoms with Gasteiger partial charge in [-0.1, -0.05) is 34.0 Å². The van der Waals surface area contributed by atoms with Gasteiger partial charge in [0.15, 0.2) is 0 Å². The van der Waals surface area contributed by atoms with Crippen molar-refractivity contribution in [3.63, 3.8) is 0 Å². The highest BCUT2D eigenvalue weighted by Gasteiger charge is 2.28. The fourth-order valence-corrected chi connectivity index (χ4v) is 2.67. The molecule has 17 heavy (non-hydrogen) atoms. The molecule has 1 aliphatic rings. The van der Waals surface area contributed by atoms with E-state index in [2.05, 4.69) is 39.9 Å². The SMILES string of the molecule is CC#CC(=O)N1CCCC1c1cccc(Br)c1. The molecule has 1 fully saturated rings. The molecular weight excluding hydrogens is 278 g/mol. The molecule has 1 atom stereocenters. The highest BCUT2D eigenvalue weighted by molar-refractivity contribution is 9.10. The summed E-state index contributed by atoms with van der Waals surface area (Å²) in [7, 11) is 0. The number of rotatable bonds is 1. The number of carbonyl (C=O) groups is 1. The predicted octanol–water partition coefficient (Wildman–Crippen LogP) is 3.14. The Morgan fingerprint density at radius 2 is 2.35 bits per heavy atom. The van der Waals surface area contributed by atoms with Crippen molar-refractivity contribution in [2.75, 3.05) is 6.54 Å². The molecule has 0 bridgehead atoms. The number of carbonyl (C=O) groups excluding carboxylic acids is 1. The lowest BCUT2D eigenvalue weighted by Crippen LogP contribution is -2.29. The number of hydrogen-bond acceptors (Lipinski definition) is 1. The Kier molecular flexibility index (Phi) is 3.86. The van der Waals surface area contributed by atoms with Gasteiger partial charge in [-0.25, -0.2) is 0 Å². The molecule has 1 aromatic rings. The highest BCUT2D eigenvalue weighted by Crippen LogP contribution is 2.32. The largest absolute Gasteiger partial charge is 0.325 e. The third kappa shape index (κ3) is 2.70. The van der Waals surface area contributed by atoms with E-state index in [1.54, 1.807) is 6.92 Å². The van der Waals surface area contributed by atoms with Gasteiger partial charge < -0.3 is 4.90 Å². The summed E-state index contributed by atoms with van der Waals surface area (Å²) < 4.78 is 1.05. The molecule has 0 aromatic heterocycles. The summed E-state index contributed by atoms with van der Waals surface area (Å²) in [5, 5.41) is 0. The lowest BCUT2D eigenvalue weighted by atomic mass is 10.0. The Morgan fingerprint density at radius 1 is 1.53 bits per heavy atom. The normalized spacial score (nSPS) is 18.7. The van der Waals surface area contributed by atoms with Crippen LogP contribution in [-0.4, -0.2) is 17.4 Å². The number of halogens is 1. The maximum atomic E-state index is 11.9. The molecule has 3 heteroatoms. The van der Waals surface area contributed by atoms with Crippen LogP contribution in [0, 0.1) is 11.8 Å². The molecular formula is C14H14BrNO. The summed E-state index contributed by atoms with van der Waals surface area (Å²) in [5.74, 6) is 5.24. The molecule has 1 aliphatic heterocycles. The molecule has 0 aliphatic carbocycles. The number of likely N-dealkylation sites (tertiary alicyclic amines) is 1. The number of benzene rings is 1. The molecule has 88 valence electrons. The standard InChI is InChI=1S/C14H14BrNO/c1-2-5-14(17)16-9-4-8-13(16)11-6-3-7-12(15)10-11/h3,6-7,10,13H,4,8-9H2,1H3. The van der Waals surface area contributed by atoms with Gasteiger partial charge in [0.25, 0.3) is 5.91 Å². The van der Waals surface area contributed by atoms with Gasteiger partial charge in [0.1, 0.15) is 0 Å². The van der Waals surface area contributed by atoms with Gasteiger partial charge >= 0.3 is 0 Å². The number of hydrogen-bond donors (Lipinski definition) is 0. The molecule has 1 unspecified atom stereocenters. The van der Waals surface area contributed by atoms with Gasteiger partial charge in [-0.15, -0.1) is 0 Å². The van der Waals surface area contributed by atoms with Crippen molar-refractivity contribution in [1.29, 1.82) is 0 Å². The Morgan fingerprint density at radius 3 is 3.06 bits per heavy atom. The molecule has 1 aromatic carbocycles. The van der Waals surface area contributed by atoms with E-state index in [0.29, 0.717) is 0 Å². The zero-order chi connectivity index (χ0) is 12.3. The van der Waals surface area contributed by atoms with E-state index in [-0.39, 0.29) is 11.9 Å². The van der Waals surface area contributed by atoms with Crippen LogP contribution in [0.25, 0.3) is 0 Å². The minimum absolute atomic E-state index is 0.0602. The van der Waals surface area contributed by atoms with E-state index in [4.69, 9.17) is 0 Å². The van der Waals surface area contributed by atoms with E-state index >= 15 is 0 Å². The Bertz CT molecular complexity index is 486. The third-order valence-corrected chi connectivity index (χ3v) is 3.47. The van der Waals surface area contributed by atoms with Crippen molar-refractivity contribution >= 4 is 21.8 Å². The molecule has 2 rings (SSSR count). The third-order valence-electron chi connectivity index (χ3n) is 2.98. The first kappa shape index (κ1) is 12.2. The van der Waals surface area contributed by atoms with Gasteiger partial charge in [0.05, 0.1) is 6.04 Å². The van der Waals surface area contributed by atoms with Crippen molar-refractivity contribution in [3.05, 3.63) is 34.3 Å². The van der Waals surface area contributed by atoms with Gasteiger partial charge in [0, 0.05) is 11.0 Å². The zero-order valence-corrected chi connectivity index (χ0v) is 11.3. The molecule has 0 radical (unpaired) electrons.